The predicted molar refractivity (Wildman–Crippen MR) is 72.5 cm³/mol. The van der Waals surface area contributed by atoms with Crippen molar-refractivity contribution >= 4 is 11.6 Å². The van der Waals surface area contributed by atoms with Gasteiger partial charge in [-0.2, -0.15) is 0 Å². The quantitative estimate of drug-likeness (QED) is 0.788. The van der Waals surface area contributed by atoms with Gasteiger partial charge in [-0.05, 0) is 34.9 Å². The van der Waals surface area contributed by atoms with E-state index in [9.17, 15) is 0 Å². The van der Waals surface area contributed by atoms with Crippen LogP contribution in [0.4, 0.5) is 11.6 Å². The van der Waals surface area contributed by atoms with Crippen molar-refractivity contribution in [3.05, 3.63) is 12.4 Å². The molecule has 17 heavy (non-hydrogen) atoms. The van der Waals surface area contributed by atoms with Gasteiger partial charge in [0.1, 0.15) is 11.6 Å². The summed E-state index contributed by atoms with van der Waals surface area (Å²) in [6.07, 6.45) is 3.47. The van der Waals surface area contributed by atoms with Crippen molar-refractivity contribution in [2.45, 2.75) is 26.3 Å². The molecule has 1 rings (SSSR count). The second kappa shape index (κ2) is 5.82. The van der Waals surface area contributed by atoms with Gasteiger partial charge in [0.15, 0.2) is 0 Å². The van der Waals surface area contributed by atoms with Gasteiger partial charge in [-0.3, -0.25) is 4.98 Å². The van der Waals surface area contributed by atoms with Crippen LogP contribution in [0, 0.1) is 0 Å². The van der Waals surface area contributed by atoms with Crippen LogP contribution in [0.5, 0.6) is 0 Å². The van der Waals surface area contributed by atoms with Crippen LogP contribution >= 0.6 is 0 Å². The fourth-order valence-corrected chi connectivity index (χ4v) is 1.18. The fraction of sp³-hybridized carbons (Fsp3) is 0.667. The van der Waals surface area contributed by atoms with Crippen LogP contribution in [0.25, 0.3) is 0 Å². The molecule has 2 N–H and O–H groups in total. The maximum absolute atomic E-state index is 4.42. The van der Waals surface area contributed by atoms with Crippen molar-refractivity contribution in [3.63, 3.8) is 0 Å². The second-order valence-corrected chi connectivity index (χ2v) is 4.88. The van der Waals surface area contributed by atoms with Gasteiger partial charge in [-0.1, -0.05) is 0 Å². The first-order chi connectivity index (χ1) is 7.95. The first kappa shape index (κ1) is 13.7. The van der Waals surface area contributed by atoms with Crippen molar-refractivity contribution in [3.8, 4) is 0 Å². The largest absolute Gasteiger partial charge is 0.369 e. The average molecular weight is 237 g/mol. The lowest BCUT2D eigenvalue weighted by molar-refractivity contribution is 0.210. The van der Waals surface area contributed by atoms with Gasteiger partial charge in [-0.15, -0.1) is 0 Å². The third kappa shape index (κ3) is 4.19. The summed E-state index contributed by atoms with van der Waals surface area (Å²) in [6.45, 7) is 8.08. The van der Waals surface area contributed by atoms with E-state index in [1.165, 1.54) is 0 Å². The van der Waals surface area contributed by atoms with E-state index in [-0.39, 0.29) is 5.54 Å². The summed E-state index contributed by atoms with van der Waals surface area (Å²) in [5.41, 5.74) is 0.0792. The SMILES string of the molecule is CCNc1cncc(NCC(C)(C)N(C)C)n1. The summed E-state index contributed by atoms with van der Waals surface area (Å²) in [7, 11) is 4.14. The Morgan fingerprint density at radius 3 is 2.29 bits per heavy atom. The first-order valence-electron chi connectivity index (χ1n) is 5.93. The zero-order valence-corrected chi connectivity index (χ0v) is 11.4. The predicted octanol–water partition coefficient (Wildman–Crippen LogP) is 1.66. The zero-order valence-electron chi connectivity index (χ0n) is 11.4. The van der Waals surface area contributed by atoms with Gasteiger partial charge in [-0.25, -0.2) is 4.98 Å². The van der Waals surface area contributed by atoms with Gasteiger partial charge >= 0.3 is 0 Å². The lowest BCUT2D eigenvalue weighted by Gasteiger charge is -2.32. The molecule has 1 heterocycles. The van der Waals surface area contributed by atoms with Crippen LogP contribution in [-0.2, 0) is 0 Å². The minimum Gasteiger partial charge on any atom is -0.369 e. The molecule has 5 nitrogen and oxygen atoms in total. The van der Waals surface area contributed by atoms with E-state index in [4.69, 9.17) is 0 Å². The maximum atomic E-state index is 4.42. The molecular formula is C12H23N5. The molecule has 5 heteroatoms. The molecule has 0 fully saturated rings. The highest BCUT2D eigenvalue weighted by atomic mass is 15.2. The van der Waals surface area contributed by atoms with E-state index in [1.807, 2.05) is 6.92 Å². The van der Waals surface area contributed by atoms with Gasteiger partial charge < -0.3 is 15.5 Å². The highest BCUT2D eigenvalue weighted by Gasteiger charge is 2.19. The van der Waals surface area contributed by atoms with Gasteiger partial charge in [0.2, 0.25) is 0 Å². The molecule has 0 spiro atoms. The Morgan fingerprint density at radius 2 is 1.76 bits per heavy atom. The smallest absolute Gasteiger partial charge is 0.147 e. The number of rotatable bonds is 6. The first-order valence-corrected chi connectivity index (χ1v) is 5.93. The van der Waals surface area contributed by atoms with Crippen molar-refractivity contribution in [1.29, 1.82) is 0 Å². The molecule has 0 bridgehead atoms. The van der Waals surface area contributed by atoms with Crippen LogP contribution in [0.1, 0.15) is 20.8 Å². The van der Waals surface area contributed by atoms with Crippen LogP contribution in [0.2, 0.25) is 0 Å². The molecule has 0 amide bonds. The van der Waals surface area contributed by atoms with E-state index in [1.54, 1.807) is 12.4 Å². The fourth-order valence-electron chi connectivity index (χ4n) is 1.18. The Kier molecular flexibility index (Phi) is 4.69. The highest BCUT2D eigenvalue weighted by molar-refractivity contribution is 5.41. The summed E-state index contributed by atoms with van der Waals surface area (Å²) in [4.78, 5) is 10.8. The third-order valence-corrected chi connectivity index (χ3v) is 2.91. The van der Waals surface area contributed by atoms with E-state index >= 15 is 0 Å². The van der Waals surface area contributed by atoms with E-state index < -0.39 is 0 Å². The minimum atomic E-state index is 0.0792. The zero-order chi connectivity index (χ0) is 12.9. The Balaban J connectivity index is 2.60. The van der Waals surface area contributed by atoms with Gasteiger partial charge in [0, 0.05) is 18.6 Å². The highest BCUT2D eigenvalue weighted by Crippen LogP contribution is 2.12. The molecule has 0 aliphatic heterocycles. The van der Waals surface area contributed by atoms with Gasteiger partial charge in [0.05, 0.1) is 12.4 Å². The monoisotopic (exact) mass is 237 g/mol. The Morgan fingerprint density at radius 1 is 1.18 bits per heavy atom. The number of nitrogens with one attached hydrogen (secondary N) is 2. The van der Waals surface area contributed by atoms with Gasteiger partial charge in [0.25, 0.3) is 0 Å². The number of anilines is 2. The van der Waals surface area contributed by atoms with Crippen molar-refractivity contribution < 1.29 is 0 Å². The van der Waals surface area contributed by atoms with Crippen LogP contribution in [-0.4, -0.2) is 47.6 Å². The van der Waals surface area contributed by atoms with Crippen LogP contribution in [0.15, 0.2) is 12.4 Å². The van der Waals surface area contributed by atoms with Crippen molar-refractivity contribution in [2.75, 3.05) is 37.8 Å². The second-order valence-electron chi connectivity index (χ2n) is 4.88. The minimum absolute atomic E-state index is 0.0792. The summed E-state index contributed by atoms with van der Waals surface area (Å²) < 4.78 is 0. The molecule has 0 atom stereocenters. The summed E-state index contributed by atoms with van der Waals surface area (Å²) >= 11 is 0. The summed E-state index contributed by atoms with van der Waals surface area (Å²) in [5, 5.41) is 6.45. The Hall–Kier alpha value is -1.36. The van der Waals surface area contributed by atoms with Crippen molar-refractivity contribution in [2.24, 2.45) is 0 Å². The molecule has 0 aliphatic carbocycles. The molecule has 0 aliphatic rings. The molecule has 0 saturated heterocycles. The average Bonchev–Trinajstić information content (AvgIpc) is 2.27. The van der Waals surface area contributed by atoms with Crippen molar-refractivity contribution in [1.82, 2.24) is 14.9 Å². The van der Waals surface area contributed by atoms with E-state index in [0.717, 1.165) is 24.7 Å². The molecule has 1 aromatic rings. The summed E-state index contributed by atoms with van der Waals surface area (Å²) in [6, 6.07) is 0. The molecular weight excluding hydrogens is 214 g/mol. The van der Waals surface area contributed by atoms with E-state index in [2.05, 4.69) is 53.4 Å². The lowest BCUT2D eigenvalue weighted by atomic mass is 10.0. The van der Waals surface area contributed by atoms with E-state index in [0.29, 0.717) is 0 Å². The number of nitrogens with zero attached hydrogens (tertiary/aromatic N) is 3. The third-order valence-electron chi connectivity index (χ3n) is 2.91. The number of hydrogen-bond donors (Lipinski definition) is 2. The number of aromatic nitrogens is 2. The molecule has 0 radical (unpaired) electrons. The maximum Gasteiger partial charge on any atom is 0.147 e. The number of likely N-dealkylation sites (N-methyl/N-ethyl adjacent to an activating group) is 1. The molecule has 1 aromatic heterocycles. The molecule has 0 aromatic carbocycles. The molecule has 0 saturated carbocycles. The number of hydrogen-bond acceptors (Lipinski definition) is 5. The molecule has 96 valence electrons. The topological polar surface area (TPSA) is 53.1 Å². The Labute approximate surface area is 104 Å². The molecule has 0 unspecified atom stereocenters. The normalized spacial score (nSPS) is 11.6. The van der Waals surface area contributed by atoms with Crippen LogP contribution < -0.4 is 10.6 Å². The lowest BCUT2D eigenvalue weighted by Crippen LogP contribution is -2.44. The van der Waals surface area contributed by atoms with Crippen LogP contribution in [0.3, 0.4) is 0 Å². The Bertz CT molecular complexity index is 349. The summed E-state index contributed by atoms with van der Waals surface area (Å²) in [5.74, 6) is 1.61. The standard InChI is InChI=1S/C12H23N5/c1-6-14-10-7-13-8-11(16-10)15-9-12(2,3)17(4)5/h7-8H,6,9H2,1-5H3,(H2,14,15,16).